The van der Waals surface area contributed by atoms with E-state index in [-0.39, 0.29) is 10.7 Å². The number of hydrogen-bond donors (Lipinski definition) is 1. The molecule has 0 bridgehead atoms. The number of hydrogen-bond acceptors (Lipinski definition) is 3. The van der Waals surface area contributed by atoms with Crippen LogP contribution >= 0.6 is 23.4 Å². The first-order chi connectivity index (χ1) is 15.8. The predicted octanol–water partition coefficient (Wildman–Crippen LogP) is 8.01. The molecule has 6 heteroatoms. The fourth-order valence-corrected chi connectivity index (χ4v) is 5.28. The Balaban J connectivity index is 2.33. The summed E-state index contributed by atoms with van der Waals surface area (Å²) in [5, 5.41) is 11.8. The van der Waals surface area contributed by atoms with E-state index in [1.807, 2.05) is 37.3 Å². The van der Waals surface area contributed by atoms with Gasteiger partial charge in [0.15, 0.2) is 0 Å². The lowest BCUT2D eigenvalue weighted by Crippen LogP contribution is -2.31. The summed E-state index contributed by atoms with van der Waals surface area (Å²) in [4.78, 5) is 13.4. The average molecular weight is 500 g/mol. The van der Waals surface area contributed by atoms with Crippen LogP contribution in [0.25, 0.3) is 10.9 Å². The van der Waals surface area contributed by atoms with Crippen molar-refractivity contribution in [3.05, 3.63) is 71.4 Å². The Bertz CT molecular complexity index is 1190. The first-order valence-electron chi connectivity index (χ1n) is 11.4. The van der Waals surface area contributed by atoms with E-state index in [0.717, 1.165) is 32.8 Å². The number of aliphatic carboxylic acids is 1. The van der Waals surface area contributed by atoms with Gasteiger partial charge < -0.3 is 14.4 Å². The van der Waals surface area contributed by atoms with Gasteiger partial charge in [-0.05, 0) is 49.7 Å². The maximum Gasteiger partial charge on any atom is 0.309 e. The van der Waals surface area contributed by atoms with Gasteiger partial charge in [0.25, 0.3) is 0 Å². The van der Waals surface area contributed by atoms with E-state index >= 15 is 0 Å². The van der Waals surface area contributed by atoms with Gasteiger partial charge in [-0.1, -0.05) is 64.1 Å². The SMILES string of the molecule is C=CCOc1ccc2c(c1)c(SC(C)(C)C)c(C(C)C(C)(C)C(=O)O)n2Cc1ccc(Cl)cc1. The van der Waals surface area contributed by atoms with Crippen molar-refractivity contribution in [3.63, 3.8) is 0 Å². The van der Waals surface area contributed by atoms with Crippen LogP contribution in [0.5, 0.6) is 5.75 Å². The van der Waals surface area contributed by atoms with Crippen LogP contribution in [0.2, 0.25) is 5.02 Å². The Kier molecular flexibility index (Phi) is 7.79. The molecule has 2 aromatic carbocycles. The second-order valence-electron chi connectivity index (χ2n) is 10.2. The molecule has 0 fully saturated rings. The van der Waals surface area contributed by atoms with Crippen LogP contribution < -0.4 is 4.74 Å². The fourth-order valence-electron chi connectivity index (χ4n) is 3.88. The number of rotatable bonds is 9. The monoisotopic (exact) mass is 499 g/mol. The molecule has 0 saturated carbocycles. The van der Waals surface area contributed by atoms with Gasteiger partial charge in [-0.3, -0.25) is 4.79 Å². The van der Waals surface area contributed by atoms with Gasteiger partial charge in [-0.2, -0.15) is 0 Å². The Hall–Kier alpha value is -2.37. The van der Waals surface area contributed by atoms with Gasteiger partial charge in [-0.15, -0.1) is 11.8 Å². The summed E-state index contributed by atoms with van der Waals surface area (Å²) >= 11 is 7.89. The third-order valence-corrected chi connectivity index (χ3v) is 7.60. The van der Waals surface area contributed by atoms with Crippen LogP contribution in [0.15, 0.2) is 60.0 Å². The molecule has 3 aromatic rings. The lowest BCUT2D eigenvalue weighted by atomic mass is 9.78. The number of thioether (sulfide) groups is 1. The third kappa shape index (κ3) is 5.64. The number of halogens is 1. The number of carboxylic acid groups (broad SMARTS) is 1. The van der Waals surface area contributed by atoms with Crippen molar-refractivity contribution in [2.75, 3.05) is 6.61 Å². The van der Waals surface area contributed by atoms with E-state index in [9.17, 15) is 9.90 Å². The number of aromatic nitrogens is 1. The molecule has 4 nitrogen and oxygen atoms in total. The zero-order valence-electron chi connectivity index (χ0n) is 20.8. The molecule has 0 aliphatic heterocycles. The summed E-state index contributed by atoms with van der Waals surface area (Å²) in [6, 6.07) is 13.9. The molecule has 0 amide bonds. The van der Waals surface area contributed by atoms with E-state index < -0.39 is 11.4 Å². The maximum absolute atomic E-state index is 12.3. The summed E-state index contributed by atoms with van der Waals surface area (Å²) in [6.45, 7) is 16.9. The van der Waals surface area contributed by atoms with E-state index in [2.05, 4.69) is 44.0 Å². The summed E-state index contributed by atoms with van der Waals surface area (Å²) < 4.78 is 8.04. The molecule has 0 spiro atoms. The summed E-state index contributed by atoms with van der Waals surface area (Å²) in [5.74, 6) is -0.291. The minimum atomic E-state index is -0.957. The molecule has 34 heavy (non-hydrogen) atoms. The van der Waals surface area contributed by atoms with Crippen molar-refractivity contribution >= 4 is 40.2 Å². The van der Waals surface area contributed by atoms with Crippen molar-refractivity contribution in [1.82, 2.24) is 4.57 Å². The zero-order chi connectivity index (χ0) is 25.3. The number of carbonyl (C=O) groups is 1. The molecule has 0 aliphatic rings. The van der Waals surface area contributed by atoms with E-state index in [0.29, 0.717) is 18.2 Å². The van der Waals surface area contributed by atoms with Crippen LogP contribution in [-0.2, 0) is 11.3 Å². The average Bonchev–Trinajstić information content (AvgIpc) is 3.04. The second-order valence-corrected chi connectivity index (χ2v) is 12.4. The van der Waals surface area contributed by atoms with Crippen molar-refractivity contribution in [1.29, 1.82) is 0 Å². The molecule has 0 radical (unpaired) electrons. The minimum absolute atomic E-state index is 0.0702. The minimum Gasteiger partial charge on any atom is -0.490 e. The Morgan fingerprint density at radius 2 is 1.82 bits per heavy atom. The first-order valence-corrected chi connectivity index (χ1v) is 12.6. The smallest absolute Gasteiger partial charge is 0.309 e. The largest absolute Gasteiger partial charge is 0.490 e. The lowest BCUT2D eigenvalue weighted by Gasteiger charge is -2.30. The molecule has 0 aliphatic carbocycles. The molecular weight excluding hydrogens is 466 g/mol. The van der Waals surface area contributed by atoms with Gasteiger partial charge >= 0.3 is 5.97 Å². The number of fused-ring (bicyclic) bond motifs is 1. The molecule has 3 rings (SSSR count). The Labute approximate surface area is 212 Å². The van der Waals surface area contributed by atoms with Gasteiger partial charge in [0, 0.05) is 43.7 Å². The third-order valence-electron chi connectivity index (χ3n) is 6.10. The van der Waals surface area contributed by atoms with Crippen molar-refractivity contribution in [3.8, 4) is 5.75 Å². The van der Waals surface area contributed by atoms with E-state index in [1.165, 1.54) is 0 Å². The quantitative estimate of drug-likeness (QED) is 0.239. The zero-order valence-corrected chi connectivity index (χ0v) is 22.4. The van der Waals surface area contributed by atoms with Gasteiger partial charge in [-0.25, -0.2) is 0 Å². The van der Waals surface area contributed by atoms with Crippen LogP contribution in [-0.4, -0.2) is 27.0 Å². The van der Waals surface area contributed by atoms with Gasteiger partial charge in [0.2, 0.25) is 0 Å². The predicted molar refractivity (Wildman–Crippen MR) is 144 cm³/mol. The van der Waals surface area contributed by atoms with Crippen molar-refractivity contribution in [2.24, 2.45) is 5.41 Å². The highest BCUT2D eigenvalue weighted by Crippen LogP contribution is 2.48. The van der Waals surface area contributed by atoms with Crippen LogP contribution in [0.3, 0.4) is 0 Å². The molecule has 0 saturated heterocycles. The van der Waals surface area contributed by atoms with E-state index in [1.54, 1.807) is 31.7 Å². The number of carboxylic acids is 1. The summed E-state index contributed by atoms with van der Waals surface area (Å²) in [6.07, 6.45) is 1.73. The molecule has 182 valence electrons. The number of ether oxygens (including phenoxy) is 1. The fraction of sp³-hybridized carbons (Fsp3) is 0.393. The number of benzene rings is 2. The highest BCUT2D eigenvalue weighted by atomic mass is 35.5. The number of nitrogens with zero attached hydrogens (tertiary/aromatic N) is 1. The Morgan fingerprint density at radius 3 is 2.38 bits per heavy atom. The lowest BCUT2D eigenvalue weighted by molar-refractivity contribution is -0.148. The maximum atomic E-state index is 12.3. The highest BCUT2D eigenvalue weighted by Gasteiger charge is 2.39. The van der Waals surface area contributed by atoms with Gasteiger partial charge in [0.1, 0.15) is 12.4 Å². The molecule has 1 atom stereocenters. The summed E-state index contributed by atoms with van der Waals surface area (Å²) in [5.41, 5.74) is 2.22. The van der Waals surface area contributed by atoms with Gasteiger partial charge in [0.05, 0.1) is 5.41 Å². The molecule has 1 N–H and O–H groups in total. The molecule has 1 unspecified atom stereocenters. The second kappa shape index (κ2) is 10.1. The first kappa shape index (κ1) is 26.2. The highest BCUT2D eigenvalue weighted by molar-refractivity contribution is 8.00. The van der Waals surface area contributed by atoms with Crippen LogP contribution in [0, 0.1) is 5.41 Å². The van der Waals surface area contributed by atoms with E-state index in [4.69, 9.17) is 16.3 Å². The normalized spacial score (nSPS) is 13.1. The molecule has 1 heterocycles. The van der Waals surface area contributed by atoms with Crippen molar-refractivity contribution < 1.29 is 14.6 Å². The van der Waals surface area contributed by atoms with Crippen LogP contribution in [0.1, 0.15) is 58.7 Å². The summed E-state index contributed by atoms with van der Waals surface area (Å²) in [7, 11) is 0. The topological polar surface area (TPSA) is 51.5 Å². The molecular formula is C28H34ClNO3S. The standard InChI is InChI=1S/C28H34ClNO3S/c1-8-15-33-21-13-14-23-22(16-21)25(34-27(3,4)5)24(18(2)28(6,7)26(31)32)30(23)17-19-9-11-20(29)12-10-19/h8-14,16,18H,1,15,17H2,2-7H3,(H,31,32). The Morgan fingerprint density at radius 1 is 1.18 bits per heavy atom. The van der Waals surface area contributed by atoms with Crippen molar-refractivity contribution in [2.45, 2.75) is 63.6 Å². The van der Waals surface area contributed by atoms with Crippen LogP contribution in [0.4, 0.5) is 0 Å². The molecule has 1 aromatic heterocycles.